The van der Waals surface area contributed by atoms with Crippen LogP contribution in [0.5, 0.6) is 0 Å². The molecule has 0 saturated heterocycles. The first kappa shape index (κ1) is 15.7. The Hall–Kier alpha value is -1.65. The Bertz CT molecular complexity index is 729. The van der Waals surface area contributed by atoms with Crippen molar-refractivity contribution in [1.82, 2.24) is 0 Å². The summed E-state index contributed by atoms with van der Waals surface area (Å²) in [6.07, 6.45) is 0.985. The molecule has 2 rings (SSSR count). The van der Waals surface area contributed by atoms with Crippen molar-refractivity contribution >= 4 is 10.1 Å². The van der Waals surface area contributed by atoms with Crippen LogP contribution in [0, 0.1) is 12.8 Å². The Kier molecular flexibility index (Phi) is 4.49. The number of benzene rings is 2. The minimum Gasteiger partial charge on any atom is -0.282 e. The van der Waals surface area contributed by atoms with Gasteiger partial charge in [-0.3, -0.25) is 4.55 Å². The van der Waals surface area contributed by atoms with Crippen molar-refractivity contribution < 1.29 is 13.0 Å². The molecule has 0 spiro atoms. The molecule has 3 nitrogen and oxygen atoms in total. The van der Waals surface area contributed by atoms with E-state index in [-0.39, 0.29) is 4.90 Å². The molecule has 2 aromatic carbocycles. The zero-order valence-corrected chi connectivity index (χ0v) is 13.3. The highest BCUT2D eigenvalue weighted by Crippen LogP contribution is 2.30. The van der Waals surface area contributed by atoms with Crippen LogP contribution in [-0.4, -0.2) is 13.0 Å². The van der Waals surface area contributed by atoms with Crippen LogP contribution in [0.25, 0.3) is 11.1 Å². The van der Waals surface area contributed by atoms with Gasteiger partial charge >= 0.3 is 0 Å². The SMILES string of the molecule is Cc1cccc(-c2ccc(CC(C)C)cc2)c1S(=O)(=O)O. The third kappa shape index (κ3) is 3.71. The maximum atomic E-state index is 11.6. The predicted molar refractivity (Wildman–Crippen MR) is 85.0 cm³/mol. The zero-order chi connectivity index (χ0) is 15.6. The first-order valence-electron chi connectivity index (χ1n) is 6.95. The average Bonchev–Trinajstić information content (AvgIpc) is 2.37. The van der Waals surface area contributed by atoms with Gasteiger partial charge in [-0.05, 0) is 36.0 Å². The van der Waals surface area contributed by atoms with E-state index in [1.165, 1.54) is 5.56 Å². The van der Waals surface area contributed by atoms with Gasteiger partial charge in [0, 0.05) is 5.56 Å². The van der Waals surface area contributed by atoms with Crippen LogP contribution in [0.4, 0.5) is 0 Å². The normalized spacial score (nSPS) is 11.9. The predicted octanol–water partition coefficient (Wildman–Crippen LogP) is 4.11. The molecule has 0 aliphatic carbocycles. The monoisotopic (exact) mass is 304 g/mol. The molecular formula is C17H20O3S. The molecule has 0 bridgehead atoms. The summed E-state index contributed by atoms with van der Waals surface area (Å²) in [6, 6.07) is 13.0. The van der Waals surface area contributed by atoms with Gasteiger partial charge in [-0.2, -0.15) is 8.42 Å². The molecule has 1 N–H and O–H groups in total. The zero-order valence-electron chi connectivity index (χ0n) is 12.5. The molecule has 0 aliphatic rings. The van der Waals surface area contributed by atoms with E-state index in [1.54, 1.807) is 25.1 Å². The van der Waals surface area contributed by atoms with Crippen LogP contribution in [-0.2, 0) is 16.5 Å². The highest BCUT2D eigenvalue weighted by molar-refractivity contribution is 7.86. The molecule has 0 atom stereocenters. The summed E-state index contributed by atoms with van der Waals surface area (Å²) in [6.45, 7) is 6.00. The molecule has 0 fully saturated rings. The third-order valence-corrected chi connectivity index (χ3v) is 4.44. The molecule has 21 heavy (non-hydrogen) atoms. The Morgan fingerprint density at radius 2 is 1.67 bits per heavy atom. The van der Waals surface area contributed by atoms with Gasteiger partial charge in [-0.25, -0.2) is 0 Å². The van der Waals surface area contributed by atoms with Crippen molar-refractivity contribution in [2.45, 2.75) is 32.1 Å². The Morgan fingerprint density at radius 1 is 1.05 bits per heavy atom. The van der Waals surface area contributed by atoms with Crippen LogP contribution >= 0.6 is 0 Å². The molecule has 112 valence electrons. The minimum absolute atomic E-state index is 0.0124. The topological polar surface area (TPSA) is 54.4 Å². The summed E-state index contributed by atoms with van der Waals surface area (Å²) >= 11 is 0. The fraction of sp³-hybridized carbons (Fsp3) is 0.294. The van der Waals surface area contributed by atoms with Crippen molar-refractivity contribution in [2.75, 3.05) is 0 Å². The van der Waals surface area contributed by atoms with E-state index < -0.39 is 10.1 Å². The van der Waals surface area contributed by atoms with E-state index in [1.807, 2.05) is 24.3 Å². The maximum Gasteiger partial charge on any atom is 0.295 e. The van der Waals surface area contributed by atoms with Crippen LogP contribution in [0.15, 0.2) is 47.4 Å². The molecule has 2 aromatic rings. The first-order valence-corrected chi connectivity index (χ1v) is 8.39. The number of rotatable bonds is 4. The van der Waals surface area contributed by atoms with Gasteiger partial charge in [0.25, 0.3) is 10.1 Å². The summed E-state index contributed by atoms with van der Waals surface area (Å²) in [5.74, 6) is 0.572. The first-order chi connectivity index (χ1) is 9.79. The molecule has 4 heteroatoms. The lowest BCUT2D eigenvalue weighted by atomic mass is 9.98. The number of aryl methyl sites for hydroxylation is 1. The highest BCUT2D eigenvalue weighted by atomic mass is 32.2. The molecule has 0 aromatic heterocycles. The lowest BCUT2D eigenvalue weighted by Gasteiger charge is -2.11. The van der Waals surface area contributed by atoms with Gasteiger partial charge in [0.15, 0.2) is 0 Å². The average molecular weight is 304 g/mol. The number of hydrogen-bond donors (Lipinski definition) is 1. The van der Waals surface area contributed by atoms with Crippen LogP contribution in [0.1, 0.15) is 25.0 Å². The Labute approximate surface area is 126 Å². The van der Waals surface area contributed by atoms with Crippen molar-refractivity contribution in [3.05, 3.63) is 53.6 Å². The van der Waals surface area contributed by atoms with E-state index in [9.17, 15) is 13.0 Å². The van der Waals surface area contributed by atoms with Gasteiger partial charge in [0.2, 0.25) is 0 Å². The molecule has 0 saturated carbocycles. The van der Waals surface area contributed by atoms with Crippen molar-refractivity contribution in [3.63, 3.8) is 0 Å². The molecule has 0 aliphatic heterocycles. The highest BCUT2D eigenvalue weighted by Gasteiger charge is 2.19. The van der Waals surface area contributed by atoms with Crippen molar-refractivity contribution in [2.24, 2.45) is 5.92 Å². The quantitative estimate of drug-likeness (QED) is 0.865. The second-order valence-corrected chi connectivity index (χ2v) is 7.08. The van der Waals surface area contributed by atoms with Gasteiger partial charge in [0.1, 0.15) is 4.90 Å². The molecule has 0 unspecified atom stereocenters. The van der Waals surface area contributed by atoms with E-state index in [0.717, 1.165) is 12.0 Å². The summed E-state index contributed by atoms with van der Waals surface area (Å²) in [5.41, 5.74) is 3.09. The molecular weight excluding hydrogens is 284 g/mol. The van der Waals surface area contributed by atoms with Gasteiger partial charge in [-0.15, -0.1) is 0 Å². The van der Waals surface area contributed by atoms with Crippen molar-refractivity contribution in [3.8, 4) is 11.1 Å². The summed E-state index contributed by atoms with van der Waals surface area (Å²) in [7, 11) is -4.24. The van der Waals surface area contributed by atoms with Crippen LogP contribution in [0.2, 0.25) is 0 Å². The second-order valence-electron chi connectivity index (χ2n) is 5.72. The number of hydrogen-bond acceptors (Lipinski definition) is 2. The second kappa shape index (κ2) is 6.00. The maximum absolute atomic E-state index is 11.6. The molecule has 0 amide bonds. The third-order valence-electron chi connectivity index (χ3n) is 3.38. The summed E-state index contributed by atoms with van der Waals surface area (Å²) < 4.78 is 32.7. The fourth-order valence-corrected chi connectivity index (χ4v) is 3.45. The molecule has 0 radical (unpaired) electrons. The lowest BCUT2D eigenvalue weighted by molar-refractivity contribution is 0.483. The largest absolute Gasteiger partial charge is 0.295 e. The van der Waals surface area contributed by atoms with E-state index in [2.05, 4.69) is 13.8 Å². The smallest absolute Gasteiger partial charge is 0.282 e. The standard InChI is InChI=1S/C17H20O3S/c1-12(2)11-14-7-9-15(10-8-14)16-6-4-5-13(3)17(16)21(18,19)20/h4-10,12H,11H2,1-3H3,(H,18,19,20). The lowest BCUT2D eigenvalue weighted by Crippen LogP contribution is -2.03. The van der Waals surface area contributed by atoms with E-state index in [4.69, 9.17) is 0 Å². The van der Waals surface area contributed by atoms with Gasteiger partial charge < -0.3 is 0 Å². The summed E-state index contributed by atoms with van der Waals surface area (Å²) in [4.78, 5) is -0.0124. The fourth-order valence-electron chi connectivity index (χ4n) is 2.51. The Morgan fingerprint density at radius 3 is 2.19 bits per heavy atom. The van der Waals surface area contributed by atoms with Gasteiger partial charge in [-0.1, -0.05) is 56.3 Å². The van der Waals surface area contributed by atoms with Crippen molar-refractivity contribution in [1.29, 1.82) is 0 Å². The summed E-state index contributed by atoms with van der Waals surface area (Å²) in [5, 5.41) is 0. The molecule has 0 heterocycles. The van der Waals surface area contributed by atoms with E-state index >= 15 is 0 Å². The van der Waals surface area contributed by atoms with Crippen LogP contribution < -0.4 is 0 Å². The van der Waals surface area contributed by atoms with Gasteiger partial charge in [0.05, 0.1) is 0 Å². The minimum atomic E-state index is -4.24. The Balaban J connectivity index is 2.50. The van der Waals surface area contributed by atoms with Crippen LogP contribution in [0.3, 0.4) is 0 Å². The van der Waals surface area contributed by atoms with E-state index in [0.29, 0.717) is 17.0 Å².